The van der Waals surface area contributed by atoms with Crippen molar-refractivity contribution in [2.45, 2.75) is 6.92 Å². The average molecular weight is 380 g/mol. The molecule has 0 bridgehead atoms. The van der Waals surface area contributed by atoms with Gasteiger partial charge in [-0.15, -0.1) is 0 Å². The Morgan fingerprint density at radius 2 is 1.88 bits per heavy atom. The summed E-state index contributed by atoms with van der Waals surface area (Å²) in [7, 11) is -3.69. The third kappa shape index (κ3) is 6.03. The Morgan fingerprint density at radius 1 is 1.19 bits per heavy atom. The van der Waals surface area contributed by atoms with E-state index in [1.807, 2.05) is 31.2 Å². The number of nitrogens with zero attached hydrogens (tertiary/aromatic N) is 1. The summed E-state index contributed by atoms with van der Waals surface area (Å²) in [6.45, 7) is 2.04. The Morgan fingerprint density at radius 3 is 2.50 bits per heavy atom. The number of nitrogens with one attached hydrogen (secondary N) is 1. The number of hydrogen-bond acceptors (Lipinski definition) is 4. The Bertz CT molecular complexity index is 854. The number of rotatable bonds is 8. The standard InChI is InChI=1S/C18H21FN2O4S/c1-14-4-3-5-17(12-14)25-11-10-20-18(22)13-21(26(2,23)24)16-8-6-15(19)7-9-16/h3-9,12H,10-11,13H2,1-2H3,(H,20,22). The smallest absolute Gasteiger partial charge is 0.240 e. The van der Waals surface area contributed by atoms with Crippen molar-refractivity contribution in [1.29, 1.82) is 0 Å². The minimum atomic E-state index is -3.69. The number of hydrogen-bond donors (Lipinski definition) is 1. The van der Waals surface area contributed by atoms with E-state index in [9.17, 15) is 17.6 Å². The van der Waals surface area contributed by atoms with E-state index in [1.54, 1.807) is 0 Å². The highest BCUT2D eigenvalue weighted by atomic mass is 32.2. The van der Waals surface area contributed by atoms with Gasteiger partial charge in [-0.05, 0) is 48.9 Å². The summed E-state index contributed by atoms with van der Waals surface area (Å²) in [5.41, 5.74) is 1.29. The highest BCUT2D eigenvalue weighted by Gasteiger charge is 2.20. The lowest BCUT2D eigenvalue weighted by Gasteiger charge is -2.21. The van der Waals surface area contributed by atoms with Crippen LogP contribution < -0.4 is 14.4 Å². The van der Waals surface area contributed by atoms with E-state index < -0.39 is 28.3 Å². The van der Waals surface area contributed by atoms with Crippen molar-refractivity contribution in [3.63, 3.8) is 0 Å². The predicted molar refractivity (Wildman–Crippen MR) is 98.3 cm³/mol. The number of amides is 1. The molecule has 2 aromatic carbocycles. The first-order valence-corrected chi connectivity index (χ1v) is 9.80. The van der Waals surface area contributed by atoms with E-state index in [0.29, 0.717) is 5.75 Å². The second-order valence-electron chi connectivity index (χ2n) is 5.76. The molecule has 0 aliphatic carbocycles. The van der Waals surface area contributed by atoms with E-state index in [0.717, 1.165) is 28.3 Å². The van der Waals surface area contributed by atoms with Crippen LogP contribution in [0.5, 0.6) is 5.75 Å². The van der Waals surface area contributed by atoms with Crippen molar-refractivity contribution in [2.24, 2.45) is 0 Å². The maximum absolute atomic E-state index is 13.0. The summed E-state index contributed by atoms with van der Waals surface area (Å²) in [5, 5.41) is 2.61. The molecule has 1 amide bonds. The molecule has 1 N–H and O–H groups in total. The third-order valence-corrected chi connectivity index (χ3v) is 4.63. The number of aryl methyl sites for hydroxylation is 1. The summed E-state index contributed by atoms with van der Waals surface area (Å²) >= 11 is 0. The first kappa shape index (κ1) is 19.7. The molecule has 8 heteroatoms. The van der Waals surface area contributed by atoms with E-state index in [4.69, 9.17) is 4.74 Å². The van der Waals surface area contributed by atoms with Crippen molar-refractivity contribution >= 4 is 21.6 Å². The molecule has 0 heterocycles. The molecule has 0 saturated heterocycles. The fourth-order valence-electron chi connectivity index (χ4n) is 2.26. The van der Waals surface area contributed by atoms with Gasteiger partial charge in [0.2, 0.25) is 15.9 Å². The summed E-state index contributed by atoms with van der Waals surface area (Å²) < 4.78 is 43.3. The van der Waals surface area contributed by atoms with Gasteiger partial charge in [-0.1, -0.05) is 12.1 Å². The van der Waals surface area contributed by atoms with E-state index >= 15 is 0 Å². The van der Waals surface area contributed by atoms with Gasteiger partial charge in [0.15, 0.2) is 0 Å². The zero-order valence-electron chi connectivity index (χ0n) is 14.6. The topological polar surface area (TPSA) is 75.7 Å². The van der Waals surface area contributed by atoms with Gasteiger partial charge in [0.05, 0.1) is 18.5 Å². The molecule has 6 nitrogen and oxygen atoms in total. The molecule has 140 valence electrons. The van der Waals surface area contributed by atoms with Crippen molar-refractivity contribution in [3.8, 4) is 5.75 Å². The molecule has 0 aliphatic heterocycles. The Hall–Kier alpha value is -2.61. The zero-order chi connectivity index (χ0) is 19.2. The molecule has 0 spiro atoms. The van der Waals surface area contributed by atoms with Gasteiger partial charge >= 0.3 is 0 Å². The van der Waals surface area contributed by atoms with Crippen LogP contribution in [0.2, 0.25) is 0 Å². The number of carbonyl (C=O) groups excluding carboxylic acids is 1. The quantitative estimate of drug-likeness (QED) is 0.712. The van der Waals surface area contributed by atoms with Crippen LogP contribution in [0.1, 0.15) is 5.56 Å². The molecule has 0 atom stereocenters. The lowest BCUT2D eigenvalue weighted by Crippen LogP contribution is -2.41. The van der Waals surface area contributed by atoms with Gasteiger partial charge in [-0.25, -0.2) is 12.8 Å². The second-order valence-corrected chi connectivity index (χ2v) is 7.67. The van der Waals surface area contributed by atoms with E-state index in [-0.39, 0.29) is 18.8 Å². The SMILES string of the molecule is Cc1cccc(OCCNC(=O)CN(c2ccc(F)cc2)S(C)(=O)=O)c1. The molecule has 2 aromatic rings. The molecule has 26 heavy (non-hydrogen) atoms. The maximum Gasteiger partial charge on any atom is 0.240 e. The van der Waals surface area contributed by atoms with Gasteiger partial charge in [-0.2, -0.15) is 0 Å². The Balaban J connectivity index is 1.88. The van der Waals surface area contributed by atoms with Crippen LogP contribution in [-0.4, -0.2) is 40.3 Å². The summed E-state index contributed by atoms with van der Waals surface area (Å²) in [4.78, 5) is 12.1. The average Bonchev–Trinajstić information content (AvgIpc) is 2.57. The minimum absolute atomic E-state index is 0.222. The van der Waals surface area contributed by atoms with Crippen LogP contribution in [-0.2, 0) is 14.8 Å². The van der Waals surface area contributed by atoms with Gasteiger partial charge in [0.1, 0.15) is 24.7 Å². The minimum Gasteiger partial charge on any atom is -0.492 e. The Labute approximate surface area is 152 Å². The fraction of sp³-hybridized carbons (Fsp3) is 0.278. The first-order chi connectivity index (χ1) is 12.3. The predicted octanol–water partition coefficient (Wildman–Crippen LogP) is 2.10. The molecule has 0 aliphatic rings. The van der Waals surface area contributed by atoms with Crippen LogP contribution >= 0.6 is 0 Å². The van der Waals surface area contributed by atoms with Gasteiger partial charge in [0.25, 0.3) is 0 Å². The fourth-order valence-corrected chi connectivity index (χ4v) is 3.11. The number of halogens is 1. The van der Waals surface area contributed by atoms with E-state index in [2.05, 4.69) is 5.32 Å². The van der Waals surface area contributed by atoms with Crippen LogP contribution in [0, 0.1) is 12.7 Å². The summed E-state index contributed by atoms with van der Waals surface area (Å²) in [5.74, 6) is -0.268. The van der Waals surface area contributed by atoms with Crippen molar-refractivity contribution < 1.29 is 22.3 Å². The molecule has 0 saturated carbocycles. The zero-order valence-corrected chi connectivity index (χ0v) is 15.4. The number of sulfonamides is 1. The monoisotopic (exact) mass is 380 g/mol. The highest BCUT2D eigenvalue weighted by molar-refractivity contribution is 7.92. The lowest BCUT2D eigenvalue weighted by atomic mass is 10.2. The molecule has 2 rings (SSSR count). The molecular weight excluding hydrogens is 359 g/mol. The number of carbonyl (C=O) groups is 1. The van der Waals surface area contributed by atoms with Crippen LogP contribution in [0.15, 0.2) is 48.5 Å². The lowest BCUT2D eigenvalue weighted by molar-refractivity contribution is -0.119. The third-order valence-electron chi connectivity index (χ3n) is 3.48. The number of ether oxygens (including phenoxy) is 1. The first-order valence-electron chi connectivity index (χ1n) is 7.95. The second kappa shape index (κ2) is 8.66. The van der Waals surface area contributed by atoms with Gasteiger partial charge in [0, 0.05) is 0 Å². The molecule has 0 fully saturated rings. The summed E-state index contributed by atoms with van der Waals surface area (Å²) in [6, 6.07) is 12.4. The van der Waals surface area contributed by atoms with Crippen LogP contribution in [0.4, 0.5) is 10.1 Å². The van der Waals surface area contributed by atoms with Crippen molar-refractivity contribution in [3.05, 3.63) is 59.9 Å². The number of anilines is 1. The molecule has 0 unspecified atom stereocenters. The van der Waals surface area contributed by atoms with Crippen LogP contribution in [0.25, 0.3) is 0 Å². The Kier molecular flexibility index (Phi) is 6.57. The molecule has 0 radical (unpaired) electrons. The highest BCUT2D eigenvalue weighted by Crippen LogP contribution is 2.17. The summed E-state index contributed by atoms with van der Waals surface area (Å²) in [6.07, 6.45) is 0.991. The van der Waals surface area contributed by atoms with Crippen molar-refractivity contribution in [1.82, 2.24) is 5.32 Å². The molecule has 0 aromatic heterocycles. The maximum atomic E-state index is 13.0. The van der Waals surface area contributed by atoms with Crippen LogP contribution in [0.3, 0.4) is 0 Å². The number of benzene rings is 2. The molecular formula is C18H21FN2O4S. The normalized spacial score (nSPS) is 11.0. The van der Waals surface area contributed by atoms with E-state index in [1.165, 1.54) is 12.1 Å². The largest absolute Gasteiger partial charge is 0.492 e. The van der Waals surface area contributed by atoms with Gasteiger partial charge in [-0.3, -0.25) is 9.10 Å². The van der Waals surface area contributed by atoms with Crippen molar-refractivity contribution in [2.75, 3.05) is 30.3 Å². The van der Waals surface area contributed by atoms with Gasteiger partial charge < -0.3 is 10.1 Å².